The molecule has 0 spiro atoms. The quantitative estimate of drug-likeness (QED) is 0.277. The van der Waals surface area contributed by atoms with Crippen LogP contribution in [0, 0.1) is 0 Å². The molecule has 1 aromatic heterocycles. The first-order chi connectivity index (χ1) is 18.5. The SMILES string of the molecule is O=C(Nc1ccc(OC(F)(F)F)cc1)N1CC(c2cnc3ccc(C(F)(F)F)cc3c2)C(c2ccccc2)=N1. The molecular formula is C27H18F6N4O2. The molecule has 1 aliphatic heterocycles. The molecule has 12 heteroatoms. The third-order valence-corrected chi connectivity index (χ3v) is 5.99. The maximum absolute atomic E-state index is 13.3. The average molecular weight is 544 g/mol. The molecule has 200 valence electrons. The van der Waals surface area contributed by atoms with E-state index in [4.69, 9.17) is 0 Å². The van der Waals surface area contributed by atoms with Crippen LogP contribution in [0.4, 0.5) is 36.8 Å². The van der Waals surface area contributed by atoms with Crippen LogP contribution in [-0.2, 0) is 6.18 Å². The maximum atomic E-state index is 13.3. The van der Waals surface area contributed by atoms with Gasteiger partial charge in [0.05, 0.1) is 29.3 Å². The lowest BCUT2D eigenvalue weighted by molar-refractivity contribution is -0.274. The van der Waals surface area contributed by atoms with Crippen LogP contribution < -0.4 is 10.1 Å². The van der Waals surface area contributed by atoms with Crippen LogP contribution in [0.3, 0.4) is 0 Å². The van der Waals surface area contributed by atoms with Crippen molar-refractivity contribution in [3.05, 3.63) is 102 Å². The Bertz CT molecular complexity index is 1540. The molecule has 2 amide bonds. The summed E-state index contributed by atoms with van der Waals surface area (Å²) < 4.78 is 80.8. The van der Waals surface area contributed by atoms with E-state index in [2.05, 4.69) is 20.1 Å². The van der Waals surface area contributed by atoms with Crippen LogP contribution in [0.1, 0.15) is 22.6 Å². The zero-order valence-corrected chi connectivity index (χ0v) is 19.8. The number of carbonyl (C=O) groups excluding carboxylic acids is 1. The Morgan fingerprint density at radius 1 is 0.923 bits per heavy atom. The molecule has 1 aliphatic rings. The molecule has 6 nitrogen and oxygen atoms in total. The molecule has 4 aromatic rings. The number of amides is 2. The number of nitrogens with one attached hydrogen (secondary N) is 1. The summed E-state index contributed by atoms with van der Waals surface area (Å²) in [6.07, 6.45) is -7.82. The van der Waals surface area contributed by atoms with Gasteiger partial charge < -0.3 is 10.1 Å². The molecule has 5 rings (SSSR count). The zero-order chi connectivity index (χ0) is 27.8. The number of hydrogen-bond acceptors (Lipinski definition) is 4. The molecule has 1 unspecified atom stereocenters. The number of benzene rings is 3. The third kappa shape index (κ3) is 5.95. The summed E-state index contributed by atoms with van der Waals surface area (Å²) in [5, 5.41) is 8.49. The number of pyridine rings is 1. The Labute approximate surface area is 217 Å². The van der Waals surface area contributed by atoms with Crippen LogP contribution >= 0.6 is 0 Å². The molecule has 2 heterocycles. The molecule has 0 radical (unpaired) electrons. The molecule has 39 heavy (non-hydrogen) atoms. The number of ether oxygens (including phenoxy) is 1. The standard InChI is InChI=1S/C27H18F6N4O2/c28-26(29,30)19-6-11-23-17(13-19)12-18(14-34-23)22-15-37(36-24(22)16-4-2-1-3-5-16)25(38)35-20-7-9-21(10-8-20)39-27(31,32)33/h1-14,22H,15H2,(H,35,38). The molecule has 0 fully saturated rings. The predicted molar refractivity (Wildman–Crippen MR) is 131 cm³/mol. The van der Waals surface area contributed by atoms with Gasteiger partial charge in [-0.1, -0.05) is 30.3 Å². The summed E-state index contributed by atoms with van der Waals surface area (Å²) in [7, 11) is 0. The summed E-state index contributed by atoms with van der Waals surface area (Å²) in [5.41, 5.74) is 1.57. The highest BCUT2D eigenvalue weighted by molar-refractivity contribution is 6.08. The van der Waals surface area contributed by atoms with Crippen LogP contribution in [-0.4, -0.2) is 34.6 Å². The zero-order valence-electron chi connectivity index (χ0n) is 19.8. The van der Waals surface area contributed by atoms with E-state index in [-0.39, 0.29) is 12.2 Å². The molecule has 1 atom stereocenters. The van der Waals surface area contributed by atoms with Crippen LogP contribution in [0.5, 0.6) is 5.75 Å². The molecule has 0 aliphatic carbocycles. The van der Waals surface area contributed by atoms with Gasteiger partial charge in [0, 0.05) is 17.3 Å². The fourth-order valence-electron chi connectivity index (χ4n) is 4.20. The number of rotatable bonds is 4. The van der Waals surface area contributed by atoms with E-state index in [1.165, 1.54) is 18.2 Å². The van der Waals surface area contributed by atoms with E-state index in [0.29, 0.717) is 27.7 Å². The number of carbonyl (C=O) groups is 1. The summed E-state index contributed by atoms with van der Waals surface area (Å²) in [4.78, 5) is 17.3. The van der Waals surface area contributed by atoms with Crippen LogP contribution in [0.2, 0.25) is 0 Å². The fourth-order valence-corrected chi connectivity index (χ4v) is 4.20. The van der Waals surface area contributed by atoms with Gasteiger partial charge in [0.25, 0.3) is 0 Å². The van der Waals surface area contributed by atoms with Crippen molar-refractivity contribution in [2.24, 2.45) is 5.10 Å². The van der Waals surface area contributed by atoms with E-state index >= 15 is 0 Å². The molecule has 0 saturated carbocycles. The number of urea groups is 1. The monoisotopic (exact) mass is 544 g/mol. The Kier molecular flexibility index (Phi) is 6.62. The molecule has 3 aromatic carbocycles. The van der Waals surface area contributed by atoms with Gasteiger partial charge in [-0.25, -0.2) is 9.80 Å². The van der Waals surface area contributed by atoms with Gasteiger partial charge in [-0.2, -0.15) is 18.3 Å². The van der Waals surface area contributed by atoms with Crippen molar-refractivity contribution in [1.29, 1.82) is 0 Å². The lowest BCUT2D eigenvalue weighted by Crippen LogP contribution is -2.30. The third-order valence-electron chi connectivity index (χ3n) is 5.99. The molecule has 0 saturated heterocycles. The first kappa shape index (κ1) is 26.0. The molecule has 1 N–H and O–H groups in total. The number of hydrogen-bond donors (Lipinski definition) is 1. The Hall–Kier alpha value is -4.61. The van der Waals surface area contributed by atoms with E-state index in [0.717, 1.165) is 29.3 Å². The number of hydrazone groups is 1. The average Bonchev–Trinajstić information content (AvgIpc) is 3.34. The Morgan fingerprint density at radius 2 is 1.64 bits per heavy atom. The number of fused-ring (bicyclic) bond motifs is 1. The highest BCUT2D eigenvalue weighted by atomic mass is 19.4. The second-order valence-corrected chi connectivity index (χ2v) is 8.66. The van der Waals surface area contributed by atoms with Gasteiger partial charge >= 0.3 is 18.6 Å². The lowest BCUT2D eigenvalue weighted by atomic mass is 9.91. The minimum atomic E-state index is -4.84. The molecule has 0 bridgehead atoms. The van der Waals surface area contributed by atoms with Crippen molar-refractivity contribution >= 4 is 28.3 Å². The van der Waals surface area contributed by atoms with Crippen molar-refractivity contribution in [1.82, 2.24) is 9.99 Å². The first-order valence-electron chi connectivity index (χ1n) is 11.5. The minimum absolute atomic E-state index is 0.0531. The summed E-state index contributed by atoms with van der Waals surface area (Å²) in [6.45, 7) is 0.0531. The summed E-state index contributed by atoms with van der Waals surface area (Å²) in [6, 6.07) is 17.8. The topological polar surface area (TPSA) is 66.8 Å². The second kappa shape index (κ2) is 9.93. The van der Waals surface area contributed by atoms with Crippen molar-refractivity contribution in [3.8, 4) is 5.75 Å². The number of alkyl halides is 6. The van der Waals surface area contributed by atoms with Gasteiger partial charge in [-0.15, -0.1) is 13.2 Å². The van der Waals surface area contributed by atoms with Crippen LogP contribution in [0.15, 0.2) is 90.2 Å². The lowest BCUT2D eigenvalue weighted by Gasteiger charge is -2.17. The normalized spacial score (nSPS) is 15.8. The smallest absolute Gasteiger partial charge is 0.406 e. The number of nitrogens with zero attached hydrogens (tertiary/aromatic N) is 3. The molecular weight excluding hydrogens is 526 g/mol. The van der Waals surface area contributed by atoms with E-state index in [1.54, 1.807) is 42.6 Å². The van der Waals surface area contributed by atoms with E-state index in [1.807, 2.05) is 0 Å². The second-order valence-electron chi connectivity index (χ2n) is 8.66. The number of aromatic nitrogens is 1. The summed E-state index contributed by atoms with van der Waals surface area (Å²) in [5.74, 6) is -0.948. The van der Waals surface area contributed by atoms with Gasteiger partial charge in [0.2, 0.25) is 0 Å². The number of anilines is 1. The van der Waals surface area contributed by atoms with E-state index < -0.39 is 35.8 Å². The first-order valence-corrected chi connectivity index (χ1v) is 11.5. The minimum Gasteiger partial charge on any atom is -0.406 e. The highest BCUT2D eigenvalue weighted by Gasteiger charge is 2.34. The summed E-state index contributed by atoms with van der Waals surface area (Å²) >= 11 is 0. The maximum Gasteiger partial charge on any atom is 0.573 e. The van der Waals surface area contributed by atoms with Crippen molar-refractivity contribution in [2.45, 2.75) is 18.5 Å². The van der Waals surface area contributed by atoms with Gasteiger partial charge in [-0.3, -0.25) is 4.98 Å². The highest BCUT2D eigenvalue weighted by Crippen LogP contribution is 2.34. The Balaban J connectivity index is 1.42. The Morgan fingerprint density at radius 3 is 2.31 bits per heavy atom. The van der Waals surface area contributed by atoms with Crippen molar-refractivity contribution < 1.29 is 35.9 Å². The van der Waals surface area contributed by atoms with Crippen molar-refractivity contribution in [2.75, 3.05) is 11.9 Å². The largest absolute Gasteiger partial charge is 0.573 e. The van der Waals surface area contributed by atoms with Crippen molar-refractivity contribution in [3.63, 3.8) is 0 Å². The fraction of sp³-hybridized carbons (Fsp3) is 0.148. The number of halogens is 6. The van der Waals surface area contributed by atoms with Crippen LogP contribution in [0.25, 0.3) is 10.9 Å². The predicted octanol–water partition coefficient (Wildman–Crippen LogP) is 7.19. The van der Waals surface area contributed by atoms with Gasteiger partial charge in [0.1, 0.15) is 5.75 Å². The van der Waals surface area contributed by atoms with Gasteiger partial charge in [0.15, 0.2) is 0 Å². The van der Waals surface area contributed by atoms with Gasteiger partial charge in [-0.05, 0) is 59.7 Å². The van der Waals surface area contributed by atoms with E-state index in [9.17, 15) is 31.1 Å².